The molecule has 0 saturated heterocycles. The third-order valence-electron chi connectivity index (χ3n) is 11.0. The topological polar surface area (TPSA) is 60.7 Å². The van der Waals surface area contributed by atoms with Gasteiger partial charge in [0.1, 0.15) is 0 Å². The predicted molar refractivity (Wildman–Crippen MR) is 131 cm³/mol. The molecule has 3 nitrogen and oxygen atoms in total. The number of aliphatic hydroxyl groups is 3. The minimum absolute atomic E-state index is 0.0743. The highest BCUT2D eigenvalue weighted by atomic mass is 16.5. The first kappa shape index (κ1) is 24.5. The van der Waals surface area contributed by atoms with E-state index in [2.05, 4.69) is 59.8 Å². The van der Waals surface area contributed by atoms with E-state index in [9.17, 15) is 15.3 Å². The molecule has 0 aliphatic heterocycles. The zero-order valence-corrected chi connectivity index (χ0v) is 21.3. The molecule has 0 amide bonds. The molecule has 3 heteroatoms. The summed E-state index contributed by atoms with van der Waals surface area (Å²) in [6.07, 6.45) is 14.4. The molecule has 182 valence electrons. The monoisotopic (exact) mass is 444 g/mol. The van der Waals surface area contributed by atoms with Crippen molar-refractivity contribution in [3.05, 3.63) is 23.8 Å². The summed E-state index contributed by atoms with van der Waals surface area (Å²) in [5, 5.41) is 32.5. The fourth-order valence-electron chi connectivity index (χ4n) is 8.96. The zero-order chi connectivity index (χ0) is 23.5. The summed E-state index contributed by atoms with van der Waals surface area (Å²) >= 11 is 0. The van der Waals surface area contributed by atoms with Crippen molar-refractivity contribution in [1.29, 1.82) is 0 Å². The second-order valence-electron chi connectivity index (χ2n) is 12.7. The molecule has 0 unspecified atom stereocenters. The number of rotatable bonds is 5. The smallest absolute Gasteiger partial charge is 0.174 e. The zero-order valence-electron chi connectivity index (χ0n) is 21.3. The average molecular weight is 445 g/mol. The van der Waals surface area contributed by atoms with Crippen LogP contribution in [0.2, 0.25) is 0 Å². The minimum atomic E-state index is -1.81. The Morgan fingerprint density at radius 2 is 1.78 bits per heavy atom. The van der Waals surface area contributed by atoms with Gasteiger partial charge in [0.05, 0.1) is 6.10 Å². The lowest BCUT2D eigenvalue weighted by Crippen LogP contribution is -2.62. The Morgan fingerprint density at radius 3 is 2.44 bits per heavy atom. The Bertz CT molecular complexity index is 752. The molecule has 0 aromatic carbocycles. The van der Waals surface area contributed by atoms with E-state index in [0.29, 0.717) is 53.3 Å². The van der Waals surface area contributed by atoms with Crippen molar-refractivity contribution in [3.8, 4) is 0 Å². The third-order valence-corrected chi connectivity index (χ3v) is 11.0. The Hall–Kier alpha value is -0.640. The second-order valence-corrected chi connectivity index (χ2v) is 12.7. The maximum atomic E-state index is 11.1. The molecule has 3 saturated carbocycles. The maximum Gasteiger partial charge on any atom is 0.174 e. The van der Waals surface area contributed by atoms with Crippen molar-refractivity contribution in [2.45, 2.75) is 105 Å². The van der Waals surface area contributed by atoms with Gasteiger partial charge < -0.3 is 15.3 Å². The van der Waals surface area contributed by atoms with Gasteiger partial charge in [0.15, 0.2) is 5.79 Å². The Morgan fingerprint density at radius 1 is 1.06 bits per heavy atom. The standard InChI is InChI=1S/C29H48O3/c1-7-20(18(2)3)9-8-19(4)24-12-13-25-23-11-10-21-16-22(30)17-29(31,32)28(21,6)26(23)14-15-27(24,25)5/h8-10,18-20,22-26,30-32H,7,11-17H2,1-6H3/b9-8+/t19-,20+,22+,23+,24-,25+,26+,27-,28+/m1/s1. The Kier molecular flexibility index (Phi) is 6.53. The number of aliphatic hydroxyl groups excluding tert-OH is 1. The lowest BCUT2D eigenvalue weighted by atomic mass is 9.45. The van der Waals surface area contributed by atoms with Crippen LogP contribution in [0.15, 0.2) is 23.8 Å². The van der Waals surface area contributed by atoms with Gasteiger partial charge in [-0.15, -0.1) is 0 Å². The normalized spacial score (nSPS) is 45.2. The summed E-state index contributed by atoms with van der Waals surface area (Å²) in [7, 11) is 0. The molecule has 32 heavy (non-hydrogen) atoms. The van der Waals surface area contributed by atoms with Crippen LogP contribution >= 0.6 is 0 Å². The number of hydrogen-bond donors (Lipinski definition) is 3. The van der Waals surface area contributed by atoms with E-state index in [1.807, 2.05) is 0 Å². The minimum Gasteiger partial charge on any atom is -0.393 e. The van der Waals surface area contributed by atoms with Gasteiger partial charge in [-0.25, -0.2) is 0 Å². The van der Waals surface area contributed by atoms with Gasteiger partial charge in [-0.2, -0.15) is 0 Å². The lowest BCUT2D eigenvalue weighted by Gasteiger charge is -2.61. The van der Waals surface area contributed by atoms with Crippen LogP contribution < -0.4 is 0 Å². The van der Waals surface area contributed by atoms with Gasteiger partial charge in [-0.05, 0) is 91.8 Å². The van der Waals surface area contributed by atoms with E-state index in [1.54, 1.807) is 0 Å². The molecule has 3 fully saturated rings. The van der Waals surface area contributed by atoms with Crippen LogP contribution in [0.1, 0.15) is 92.9 Å². The van der Waals surface area contributed by atoms with Crippen molar-refractivity contribution in [2.24, 2.45) is 52.3 Å². The first-order valence-corrected chi connectivity index (χ1v) is 13.5. The van der Waals surface area contributed by atoms with Gasteiger partial charge in [-0.3, -0.25) is 0 Å². The van der Waals surface area contributed by atoms with E-state index in [1.165, 1.54) is 25.7 Å². The highest BCUT2D eigenvalue weighted by Crippen LogP contribution is 2.68. The fourth-order valence-corrected chi connectivity index (χ4v) is 8.96. The first-order valence-electron chi connectivity index (χ1n) is 13.5. The number of fused-ring (bicyclic) bond motifs is 5. The second kappa shape index (κ2) is 8.54. The molecule has 0 bridgehead atoms. The molecular weight excluding hydrogens is 396 g/mol. The highest BCUT2D eigenvalue weighted by molar-refractivity contribution is 5.29. The lowest BCUT2D eigenvalue weighted by molar-refractivity contribution is -0.281. The predicted octanol–water partition coefficient (Wildman–Crippen LogP) is 6.09. The first-order chi connectivity index (χ1) is 15.0. The number of allylic oxidation sites excluding steroid dienone is 3. The SMILES string of the molecule is CC[C@@H](/C=C/[C@@H](C)[C@H]1CC[C@H]2[C@@H]3CC=C4C[C@H](O)CC(O)(O)[C@]4(C)[C@H]3CC[C@]12C)C(C)C. The fraction of sp³-hybridized carbons (Fsp3) is 0.862. The van der Waals surface area contributed by atoms with Gasteiger partial charge in [0.25, 0.3) is 0 Å². The highest BCUT2D eigenvalue weighted by Gasteiger charge is 2.64. The van der Waals surface area contributed by atoms with Gasteiger partial charge in [0.2, 0.25) is 0 Å². The van der Waals surface area contributed by atoms with Crippen molar-refractivity contribution in [1.82, 2.24) is 0 Å². The van der Waals surface area contributed by atoms with E-state index in [0.717, 1.165) is 18.4 Å². The quantitative estimate of drug-likeness (QED) is 0.355. The summed E-state index contributed by atoms with van der Waals surface area (Å²) < 4.78 is 0. The van der Waals surface area contributed by atoms with Gasteiger partial charge >= 0.3 is 0 Å². The molecule has 4 aliphatic carbocycles. The van der Waals surface area contributed by atoms with E-state index in [4.69, 9.17) is 0 Å². The van der Waals surface area contributed by atoms with E-state index >= 15 is 0 Å². The van der Waals surface area contributed by atoms with Gasteiger partial charge in [0, 0.05) is 11.8 Å². The molecule has 9 atom stereocenters. The summed E-state index contributed by atoms with van der Waals surface area (Å²) in [6, 6.07) is 0. The Labute approximate surface area is 196 Å². The third kappa shape index (κ3) is 3.66. The molecule has 0 spiro atoms. The summed E-state index contributed by atoms with van der Waals surface area (Å²) in [6.45, 7) is 14.0. The average Bonchev–Trinajstić information content (AvgIpc) is 3.06. The summed E-state index contributed by atoms with van der Waals surface area (Å²) in [5.74, 6) is 2.35. The van der Waals surface area contributed by atoms with E-state index in [-0.39, 0.29) is 6.42 Å². The molecular formula is C29H48O3. The largest absolute Gasteiger partial charge is 0.393 e. The van der Waals surface area contributed by atoms with Crippen LogP contribution in [0.25, 0.3) is 0 Å². The number of hydrogen-bond acceptors (Lipinski definition) is 3. The van der Waals surface area contributed by atoms with Crippen molar-refractivity contribution < 1.29 is 15.3 Å². The Balaban J connectivity index is 1.57. The van der Waals surface area contributed by atoms with Crippen LogP contribution in [-0.2, 0) is 0 Å². The molecule has 0 aromatic rings. The van der Waals surface area contributed by atoms with Crippen LogP contribution in [0.3, 0.4) is 0 Å². The van der Waals surface area contributed by atoms with Crippen LogP contribution in [0.4, 0.5) is 0 Å². The maximum absolute atomic E-state index is 11.1. The summed E-state index contributed by atoms with van der Waals surface area (Å²) in [5.41, 5.74) is 0.816. The molecule has 4 rings (SSSR count). The molecule has 0 heterocycles. The van der Waals surface area contributed by atoms with Crippen LogP contribution in [0.5, 0.6) is 0 Å². The molecule has 3 N–H and O–H groups in total. The molecule has 0 radical (unpaired) electrons. The van der Waals surface area contributed by atoms with Gasteiger partial charge in [-0.1, -0.05) is 65.3 Å². The van der Waals surface area contributed by atoms with Crippen LogP contribution in [-0.4, -0.2) is 27.2 Å². The molecule has 0 aromatic heterocycles. The van der Waals surface area contributed by atoms with E-state index < -0.39 is 17.3 Å². The molecule has 4 aliphatic rings. The van der Waals surface area contributed by atoms with Crippen molar-refractivity contribution in [3.63, 3.8) is 0 Å². The van der Waals surface area contributed by atoms with Crippen molar-refractivity contribution in [2.75, 3.05) is 0 Å². The van der Waals surface area contributed by atoms with Crippen LogP contribution in [0, 0.1) is 52.3 Å². The van der Waals surface area contributed by atoms with Crippen molar-refractivity contribution >= 4 is 0 Å². The summed E-state index contributed by atoms with van der Waals surface area (Å²) in [4.78, 5) is 0.